The molecule has 0 atom stereocenters. The number of carbonyl (C=O) groups is 1. The molecule has 0 bridgehead atoms. The van der Waals surface area contributed by atoms with E-state index in [9.17, 15) is 13.2 Å². The maximum absolute atomic E-state index is 12.2. The Morgan fingerprint density at radius 3 is 2.42 bits per heavy atom. The van der Waals surface area contributed by atoms with E-state index in [2.05, 4.69) is 10.0 Å². The Kier molecular flexibility index (Phi) is 7.66. The summed E-state index contributed by atoms with van der Waals surface area (Å²) >= 11 is 0. The molecule has 1 aliphatic rings. The number of ether oxygens (including phenoxy) is 1. The Morgan fingerprint density at radius 1 is 1.15 bits per heavy atom. The SMILES string of the molecule is CNS(=O)(=O)c1cc(/C=C/C(=O)NC2CCCCCCC2)ccc1OC. The Morgan fingerprint density at radius 2 is 1.81 bits per heavy atom. The van der Waals surface area contributed by atoms with Crippen LogP contribution < -0.4 is 14.8 Å². The van der Waals surface area contributed by atoms with Crippen LogP contribution in [0.1, 0.15) is 50.5 Å². The summed E-state index contributed by atoms with van der Waals surface area (Å²) < 4.78 is 31.6. The molecule has 7 heteroatoms. The fourth-order valence-corrected chi connectivity index (χ4v) is 4.07. The van der Waals surface area contributed by atoms with Gasteiger partial charge < -0.3 is 10.1 Å². The Bertz CT molecular complexity index is 736. The Labute approximate surface area is 156 Å². The molecule has 0 saturated heterocycles. The minimum atomic E-state index is -3.64. The number of hydrogen-bond donors (Lipinski definition) is 2. The van der Waals surface area contributed by atoms with E-state index in [1.54, 1.807) is 18.2 Å². The van der Waals surface area contributed by atoms with Crippen LogP contribution in [0.3, 0.4) is 0 Å². The number of amides is 1. The number of methoxy groups -OCH3 is 1. The summed E-state index contributed by atoms with van der Waals surface area (Å²) in [5.41, 5.74) is 0.618. The van der Waals surface area contributed by atoms with Gasteiger partial charge in [0.05, 0.1) is 7.11 Å². The van der Waals surface area contributed by atoms with Crippen molar-refractivity contribution in [3.05, 3.63) is 29.8 Å². The molecule has 0 heterocycles. The van der Waals surface area contributed by atoms with Crippen molar-refractivity contribution in [3.8, 4) is 5.75 Å². The lowest BCUT2D eigenvalue weighted by molar-refractivity contribution is -0.117. The molecule has 1 saturated carbocycles. The first kappa shape index (κ1) is 20.5. The average molecular weight is 381 g/mol. The highest BCUT2D eigenvalue weighted by Gasteiger charge is 2.18. The zero-order chi connectivity index (χ0) is 19.0. The molecule has 6 nitrogen and oxygen atoms in total. The predicted octanol–water partition coefficient (Wildman–Crippen LogP) is 2.85. The number of rotatable bonds is 6. The third-order valence-electron chi connectivity index (χ3n) is 4.62. The highest BCUT2D eigenvalue weighted by atomic mass is 32.2. The lowest BCUT2D eigenvalue weighted by Crippen LogP contribution is -2.34. The van der Waals surface area contributed by atoms with Crippen LogP contribution in [0.15, 0.2) is 29.2 Å². The van der Waals surface area contributed by atoms with Gasteiger partial charge in [0.1, 0.15) is 10.6 Å². The lowest BCUT2D eigenvalue weighted by atomic mass is 9.97. The van der Waals surface area contributed by atoms with Gasteiger partial charge in [0, 0.05) is 12.1 Å². The van der Waals surface area contributed by atoms with E-state index in [0.29, 0.717) is 5.56 Å². The number of carbonyl (C=O) groups excluding carboxylic acids is 1. The largest absolute Gasteiger partial charge is 0.495 e. The van der Waals surface area contributed by atoms with Crippen LogP contribution in [0, 0.1) is 0 Å². The van der Waals surface area contributed by atoms with Crippen molar-refractivity contribution in [2.24, 2.45) is 0 Å². The molecule has 1 aromatic carbocycles. The third kappa shape index (κ3) is 5.85. The van der Waals surface area contributed by atoms with E-state index < -0.39 is 10.0 Å². The third-order valence-corrected chi connectivity index (χ3v) is 6.06. The topological polar surface area (TPSA) is 84.5 Å². The molecular weight excluding hydrogens is 352 g/mol. The standard InChI is InChI=1S/C19H28N2O4S/c1-20-26(23,24)18-14-15(10-12-17(18)25-2)11-13-19(22)21-16-8-6-4-3-5-7-9-16/h10-14,16,20H,3-9H2,1-2H3,(H,21,22)/b13-11+. The first-order chi connectivity index (χ1) is 12.5. The van der Waals surface area contributed by atoms with Crippen LogP contribution in [0.5, 0.6) is 5.75 Å². The Balaban J connectivity index is 2.07. The van der Waals surface area contributed by atoms with Crippen molar-refractivity contribution in [2.75, 3.05) is 14.2 Å². The minimum absolute atomic E-state index is 0.0464. The lowest BCUT2D eigenvalue weighted by Gasteiger charge is -2.20. The first-order valence-corrected chi connectivity index (χ1v) is 10.5. The van der Waals surface area contributed by atoms with Gasteiger partial charge in [-0.15, -0.1) is 0 Å². The van der Waals surface area contributed by atoms with Crippen LogP contribution in [-0.4, -0.2) is 34.5 Å². The molecule has 1 amide bonds. The van der Waals surface area contributed by atoms with E-state index in [4.69, 9.17) is 4.74 Å². The predicted molar refractivity (Wildman–Crippen MR) is 103 cm³/mol. The smallest absolute Gasteiger partial charge is 0.244 e. The van der Waals surface area contributed by atoms with Crippen molar-refractivity contribution in [1.29, 1.82) is 0 Å². The van der Waals surface area contributed by atoms with Gasteiger partial charge in [-0.25, -0.2) is 13.1 Å². The van der Waals surface area contributed by atoms with Crippen molar-refractivity contribution < 1.29 is 17.9 Å². The molecule has 1 aliphatic carbocycles. The van der Waals surface area contributed by atoms with E-state index in [-0.39, 0.29) is 22.6 Å². The number of nitrogens with one attached hydrogen (secondary N) is 2. The number of benzene rings is 1. The average Bonchev–Trinajstić information content (AvgIpc) is 2.62. The van der Waals surface area contributed by atoms with Crippen molar-refractivity contribution in [2.45, 2.75) is 55.9 Å². The molecule has 0 radical (unpaired) electrons. The summed E-state index contributed by atoms with van der Waals surface area (Å²) in [7, 11) is -0.876. The monoisotopic (exact) mass is 380 g/mol. The van der Waals surface area contributed by atoms with Crippen LogP contribution in [0.25, 0.3) is 6.08 Å². The molecule has 0 aromatic heterocycles. The molecule has 2 rings (SSSR count). The molecule has 0 aliphatic heterocycles. The second-order valence-electron chi connectivity index (χ2n) is 6.50. The molecular formula is C19H28N2O4S. The summed E-state index contributed by atoms with van der Waals surface area (Å²) in [5, 5.41) is 3.05. The van der Waals surface area contributed by atoms with Gasteiger partial charge in [-0.1, -0.05) is 38.2 Å². The summed E-state index contributed by atoms with van der Waals surface area (Å²) in [6.07, 6.45) is 11.2. The van der Waals surface area contributed by atoms with Crippen LogP contribution in [0.2, 0.25) is 0 Å². The zero-order valence-corrected chi connectivity index (χ0v) is 16.3. The summed E-state index contributed by atoms with van der Waals surface area (Å²) in [6.45, 7) is 0. The van der Waals surface area contributed by atoms with E-state index >= 15 is 0 Å². The molecule has 0 unspecified atom stereocenters. The van der Waals surface area contributed by atoms with Gasteiger partial charge in [-0.3, -0.25) is 4.79 Å². The summed E-state index contributed by atoms with van der Waals surface area (Å²) in [5.74, 6) is 0.111. The second kappa shape index (κ2) is 9.73. The quantitative estimate of drug-likeness (QED) is 0.743. The highest BCUT2D eigenvalue weighted by Crippen LogP contribution is 2.25. The van der Waals surface area contributed by atoms with Gasteiger partial charge >= 0.3 is 0 Å². The fourth-order valence-electron chi connectivity index (χ4n) is 3.14. The summed E-state index contributed by atoms with van der Waals surface area (Å²) in [6, 6.07) is 5.01. The first-order valence-electron chi connectivity index (χ1n) is 9.06. The molecule has 0 spiro atoms. The number of hydrogen-bond acceptors (Lipinski definition) is 4. The minimum Gasteiger partial charge on any atom is -0.495 e. The molecule has 26 heavy (non-hydrogen) atoms. The summed E-state index contributed by atoms with van der Waals surface area (Å²) in [4.78, 5) is 12.2. The van der Waals surface area contributed by atoms with Gasteiger partial charge in [0.2, 0.25) is 15.9 Å². The molecule has 2 N–H and O–H groups in total. The Hall–Kier alpha value is -1.86. The van der Waals surface area contributed by atoms with Crippen molar-refractivity contribution in [3.63, 3.8) is 0 Å². The van der Waals surface area contributed by atoms with Gasteiger partial charge in [-0.05, 0) is 43.7 Å². The van der Waals surface area contributed by atoms with Crippen molar-refractivity contribution in [1.82, 2.24) is 10.0 Å². The second-order valence-corrected chi connectivity index (χ2v) is 8.36. The van der Waals surface area contributed by atoms with Gasteiger partial charge in [0.25, 0.3) is 0 Å². The maximum atomic E-state index is 12.2. The van der Waals surface area contributed by atoms with E-state index in [1.165, 1.54) is 45.6 Å². The van der Waals surface area contributed by atoms with Gasteiger partial charge in [0.15, 0.2) is 0 Å². The number of sulfonamides is 1. The molecule has 144 valence electrons. The maximum Gasteiger partial charge on any atom is 0.244 e. The zero-order valence-electron chi connectivity index (χ0n) is 15.5. The van der Waals surface area contributed by atoms with Crippen molar-refractivity contribution >= 4 is 22.0 Å². The van der Waals surface area contributed by atoms with Crippen LogP contribution in [0.4, 0.5) is 0 Å². The molecule has 1 fully saturated rings. The van der Waals surface area contributed by atoms with Gasteiger partial charge in [-0.2, -0.15) is 0 Å². The van der Waals surface area contributed by atoms with E-state index in [0.717, 1.165) is 25.7 Å². The normalized spacial score (nSPS) is 16.8. The highest BCUT2D eigenvalue weighted by molar-refractivity contribution is 7.89. The van der Waals surface area contributed by atoms with E-state index in [1.807, 2.05) is 0 Å². The van der Waals surface area contributed by atoms with Crippen LogP contribution in [-0.2, 0) is 14.8 Å². The van der Waals surface area contributed by atoms with Crippen LogP contribution >= 0.6 is 0 Å². The fraction of sp³-hybridized carbons (Fsp3) is 0.526. The molecule has 1 aromatic rings.